The van der Waals surface area contributed by atoms with E-state index in [0.29, 0.717) is 17.2 Å². The van der Waals surface area contributed by atoms with Crippen molar-refractivity contribution >= 4 is 28.2 Å². The molecule has 0 aromatic heterocycles. The Balaban J connectivity index is 2.22. The van der Waals surface area contributed by atoms with Gasteiger partial charge in [-0.05, 0) is 17.4 Å². The Labute approximate surface area is 117 Å². The van der Waals surface area contributed by atoms with Gasteiger partial charge in [-0.25, -0.2) is 0 Å². The molecule has 0 spiro atoms. The summed E-state index contributed by atoms with van der Waals surface area (Å²) in [6.45, 7) is 6.51. The molecule has 0 N–H and O–H groups in total. The number of ketones is 2. The minimum Gasteiger partial charge on any atom is -0.285 e. The van der Waals surface area contributed by atoms with Crippen LogP contribution in [0.15, 0.2) is 29.8 Å². The zero-order valence-electron chi connectivity index (χ0n) is 11.3. The molecule has 0 bridgehead atoms. The summed E-state index contributed by atoms with van der Waals surface area (Å²) in [5, 5.41) is 0.431. The maximum Gasteiger partial charge on any atom is 0.233 e. The average Bonchev–Trinajstić information content (AvgIpc) is 2.38. The second-order valence-corrected chi connectivity index (χ2v) is 7.29. The monoisotopic (exact) mass is 272 g/mol. The van der Waals surface area contributed by atoms with E-state index in [1.807, 2.05) is 18.2 Å². The Kier molecular flexibility index (Phi) is 2.72. The highest BCUT2D eigenvalue weighted by atomic mass is 32.2. The summed E-state index contributed by atoms with van der Waals surface area (Å²) in [5.74, 6) is -0.651. The lowest BCUT2D eigenvalue weighted by Gasteiger charge is -2.39. The third kappa shape index (κ3) is 1.79. The van der Waals surface area contributed by atoms with Gasteiger partial charge < -0.3 is 0 Å². The topological polar surface area (TPSA) is 34.1 Å². The molecule has 1 aromatic rings. The van der Waals surface area contributed by atoms with Crippen LogP contribution < -0.4 is 0 Å². The molecule has 98 valence electrons. The van der Waals surface area contributed by atoms with Crippen LogP contribution in [0, 0.1) is 5.41 Å². The zero-order chi connectivity index (χ0) is 13.8. The standard InChI is InChI=1S/C16H16O2S/c1-9-16(2,3)8-12-14(18)13(17)10-6-4-5-7-11(10)15(12)19-9/h4-7,9H,8H2,1-3H3. The van der Waals surface area contributed by atoms with Crippen LogP contribution in [0.2, 0.25) is 0 Å². The number of hydrogen-bond acceptors (Lipinski definition) is 3. The highest BCUT2D eigenvalue weighted by Crippen LogP contribution is 2.52. The summed E-state index contributed by atoms with van der Waals surface area (Å²) in [6, 6.07) is 7.45. The molecule has 0 saturated carbocycles. The van der Waals surface area contributed by atoms with Gasteiger partial charge in [0.1, 0.15) is 0 Å². The fraction of sp³-hybridized carbons (Fsp3) is 0.375. The minimum atomic E-state index is -0.347. The highest BCUT2D eigenvalue weighted by molar-refractivity contribution is 8.09. The predicted octanol–water partition coefficient (Wildman–Crippen LogP) is 3.71. The molecule has 0 saturated heterocycles. The molecule has 19 heavy (non-hydrogen) atoms. The number of fused-ring (bicyclic) bond motifs is 2. The summed E-state index contributed by atoms with van der Waals surface area (Å²) in [6.07, 6.45) is 0.690. The second kappa shape index (κ2) is 4.07. The molecule has 1 unspecified atom stereocenters. The van der Waals surface area contributed by atoms with Gasteiger partial charge >= 0.3 is 0 Å². The lowest BCUT2D eigenvalue weighted by molar-refractivity contribution is -0.112. The summed E-state index contributed by atoms with van der Waals surface area (Å²) in [5.41, 5.74) is 2.27. The maximum absolute atomic E-state index is 12.3. The van der Waals surface area contributed by atoms with Crippen LogP contribution in [0.4, 0.5) is 0 Å². The molecule has 2 aliphatic rings. The van der Waals surface area contributed by atoms with Gasteiger partial charge in [0.25, 0.3) is 0 Å². The smallest absolute Gasteiger partial charge is 0.233 e. The van der Waals surface area contributed by atoms with Crippen molar-refractivity contribution in [3.63, 3.8) is 0 Å². The zero-order valence-corrected chi connectivity index (χ0v) is 12.1. The molecule has 1 aliphatic carbocycles. The molecule has 3 heteroatoms. The van der Waals surface area contributed by atoms with E-state index < -0.39 is 0 Å². The second-order valence-electron chi connectivity index (χ2n) is 5.94. The molecule has 3 rings (SSSR count). The van der Waals surface area contributed by atoms with Crippen LogP contribution in [0.25, 0.3) is 4.91 Å². The number of hydrogen-bond donors (Lipinski definition) is 0. The molecular weight excluding hydrogens is 256 g/mol. The fourth-order valence-corrected chi connectivity index (χ4v) is 4.00. The molecule has 1 heterocycles. The first-order chi connectivity index (χ1) is 8.92. The normalized spacial score (nSPS) is 25.1. The Hall–Kier alpha value is -1.35. The third-order valence-corrected chi connectivity index (χ3v) is 5.89. The summed E-state index contributed by atoms with van der Waals surface area (Å²) >= 11 is 1.73. The lowest BCUT2D eigenvalue weighted by Crippen LogP contribution is -2.34. The molecule has 0 amide bonds. The highest BCUT2D eigenvalue weighted by Gasteiger charge is 2.42. The molecule has 1 atom stereocenters. The lowest BCUT2D eigenvalue weighted by atomic mass is 9.77. The number of benzene rings is 1. The van der Waals surface area contributed by atoms with E-state index in [1.165, 1.54) is 0 Å². The molecule has 1 aliphatic heterocycles. The van der Waals surface area contributed by atoms with E-state index in [0.717, 1.165) is 16.0 Å². The average molecular weight is 272 g/mol. The molecule has 1 aromatic carbocycles. The van der Waals surface area contributed by atoms with Gasteiger partial charge in [-0.3, -0.25) is 9.59 Å². The van der Waals surface area contributed by atoms with E-state index in [-0.39, 0.29) is 17.0 Å². The van der Waals surface area contributed by atoms with E-state index in [9.17, 15) is 9.59 Å². The summed E-state index contributed by atoms with van der Waals surface area (Å²) in [4.78, 5) is 25.5. The van der Waals surface area contributed by atoms with Crippen LogP contribution in [0.5, 0.6) is 0 Å². The van der Waals surface area contributed by atoms with Gasteiger partial charge in [-0.1, -0.05) is 45.0 Å². The molecule has 0 fully saturated rings. The van der Waals surface area contributed by atoms with Crippen molar-refractivity contribution in [3.8, 4) is 0 Å². The van der Waals surface area contributed by atoms with Gasteiger partial charge in [0.15, 0.2) is 0 Å². The van der Waals surface area contributed by atoms with Crippen LogP contribution >= 0.6 is 11.8 Å². The quantitative estimate of drug-likeness (QED) is 0.675. The van der Waals surface area contributed by atoms with Crippen molar-refractivity contribution in [2.24, 2.45) is 5.41 Å². The first kappa shape index (κ1) is 12.7. The van der Waals surface area contributed by atoms with Gasteiger partial charge in [0.2, 0.25) is 11.6 Å². The number of rotatable bonds is 0. The number of Topliss-reactive ketones (excluding diaryl/α,β-unsaturated/α-hetero) is 2. The van der Waals surface area contributed by atoms with Crippen molar-refractivity contribution in [2.45, 2.75) is 32.4 Å². The molecule has 2 nitrogen and oxygen atoms in total. The van der Waals surface area contributed by atoms with Crippen LogP contribution in [0.3, 0.4) is 0 Å². The van der Waals surface area contributed by atoms with Crippen molar-refractivity contribution < 1.29 is 9.59 Å². The first-order valence-electron chi connectivity index (χ1n) is 6.50. The number of thioether (sulfide) groups is 1. The van der Waals surface area contributed by atoms with E-state index >= 15 is 0 Å². The Morgan fingerprint density at radius 3 is 2.42 bits per heavy atom. The number of carbonyl (C=O) groups excluding carboxylic acids is 2. The predicted molar refractivity (Wildman–Crippen MR) is 78.2 cm³/mol. The van der Waals surface area contributed by atoms with Gasteiger partial charge in [0.05, 0.1) is 0 Å². The largest absolute Gasteiger partial charge is 0.285 e. The summed E-state index contributed by atoms with van der Waals surface area (Å²) < 4.78 is 0. The van der Waals surface area contributed by atoms with Gasteiger partial charge in [-0.15, -0.1) is 11.8 Å². The van der Waals surface area contributed by atoms with Gasteiger partial charge in [0, 0.05) is 21.3 Å². The van der Waals surface area contributed by atoms with E-state index in [1.54, 1.807) is 17.8 Å². The Bertz CT molecular complexity index is 625. The third-order valence-electron chi connectivity index (χ3n) is 4.20. The van der Waals surface area contributed by atoms with Gasteiger partial charge in [-0.2, -0.15) is 0 Å². The Morgan fingerprint density at radius 2 is 1.74 bits per heavy atom. The van der Waals surface area contributed by atoms with E-state index in [2.05, 4.69) is 20.8 Å². The van der Waals surface area contributed by atoms with Crippen LogP contribution in [0.1, 0.15) is 43.1 Å². The van der Waals surface area contributed by atoms with Crippen LogP contribution in [-0.4, -0.2) is 16.8 Å². The first-order valence-corrected chi connectivity index (χ1v) is 7.38. The fourth-order valence-electron chi connectivity index (χ4n) is 2.63. The van der Waals surface area contributed by atoms with Crippen molar-refractivity contribution in [2.75, 3.05) is 0 Å². The Morgan fingerprint density at radius 1 is 1.11 bits per heavy atom. The summed E-state index contributed by atoms with van der Waals surface area (Å²) in [7, 11) is 0. The minimum absolute atomic E-state index is 0.0473. The molecule has 0 radical (unpaired) electrons. The van der Waals surface area contributed by atoms with Crippen molar-refractivity contribution in [1.82, 2.24) is 0 Å². The number of allylic oxidation sites excluding steroid dienone is 1. The van der Waals surface area contributed by atoms with Crippen LogP contribution in [-0.2, 0) is 4.79 Å². The SMILES string of the molecule is CC1SC2=C(CC1(C)C)C(=O)C(=O)c1ccccc12. The van der Waals surface area contributed by atoms with Crippen molar-refractivity contribution in [1.29, 1.82) is 0 Å². The molecular formula is C16H16O2S. The number of carbonyl (C=O) groups is 2. The van der Waals surface area contributed by atoms with E-state index in [4.69, 9.17) is 0 Å². The van der Waals surface area contributed by atoms with Crippen molar-refractivity contribution in [3.05, 3.63) is 41.0 Å². The maximum atomic E-state index is 12.3.